The molecule has 1 aromatic carbocycles. The normalized spacial score (nSPS) is 19.4. The van der Waals surface area contributed by atoms with Crippen molar-refractivity contribution in [2.24, 2.45) is 0 Å². The first-order valence-electron chi connectivity index (χ1n) is 7.47. The van der Waals surface area contributed by atoms with Crippen LogP contribution in [-0.4, -0.2) is 52.2 Å². The van der Waals surface area contributed by atoms with Crippen LogP contribution in [0.2, 0.25) is 0 Å². The van der Waals surface area contributed by atoms with E-state index in [0.29, 0.717) is 18.7 Å². The molecule has 2 atom stereocenters. The number of carbonyl (C=O) groups is 1. The van der Waals surface area contributed by atoms with Crippen LogP contribution in [0.1, 0.15) is 18.5 Å². The zero-order valence-electron chi connectivity index (χ0n) is 13.5. The fourth-order valence-corrected chi connectivity index (χ4v) is 3.13. The zero-order valence-corrected chi connectivity index (χ0v) is 14.3. The summed E-state index contributed by atoms with van der Waals surface area (Å²) < 4.78 is 31.2. The third-order valence-corrected chi connectivity index (χ3v) is 5.19. The van der Waals surface area contributed by atoms with Gasteiger partial charge in [0.2, 0.25) is 10.0 Å². The number of hydrogen-bond acceptors (Lipinski definition) is 5. The number of nitrogens with one attached hydrogen (secondary N) is 2. The molecule has 0 saturated carbocycles. The second-order valence-corrected chi connectivity index (χ2v) is 7.27. The lowest BCUT2D eigenvalue weighted by Crippen LogP contribution is -2.49. The number of benzene rings is 1. The number of rotatable bonds is 4. The average molecular weight is 352 g/mol. The van der Waals surface area contributed by atoms with E-state index in [2.05, 4.69) is 10.0 Å². The summed E-state index contributed by atoms with van der Waals surface area (Å²) in [5.41, 5.74) is 0.671. The quantitative estimate of drug-likeness (QED) is 0.824. The number of nitrogens with zero attached hydrogens (tertiary/aromatic N) is 2. The van der Waals surface area contributed by atoms with E-state index < -0.39 is 16.1 Å². The summed E-state index contributed by atoms with van der Waals surface area (Å²) in [4.78, 5) is 14.0. The van der Waals surface area contributed by atoms with E-state index in [4.69, 9.17) is 10.00 Å². The average Bonchev–Trinajstić information content (AvgIpc) is 2.61. The Bertz CT molecular complexity index is 744. The fourth-order valence-electron chi connectivity index (χ4n) is 2.34. The van der Waals surface area contributed by atoms with Crippen LogP contribution in [0.3, 0.4) is 0 Å². The van der Waals surface area contributed by atoms with Gasteiger partial charge in [-0.25, -0.2) is 17.9 Å². The van der Waals surface area contributed by atoms with Gasteiger partial charge < -0.3 is 15.0 Å². The van der Waals surface area contributed by atoms with E-state index >= 15 is 0 Å². The predicted octanol–water partition coefficient (Wildman–Crippen LogP) is 0.590. The van der Waals surface area contributed by atoms with Crippen LogP contribution in [0.25, 0.3) is 0 Å². The van der Waals surface area contributed by atoms with Gasteiger partial charge in [0.25, 0.3) is 0 Å². The molecule has 2 unspecified atom stereocenters. The van der Waals surface area contributed by atoms with Gasteiger partial charge in [-0.2, -0.15) is 5.26 Å². The van der Waals surface area contributed by atoms with Gasteiger partial charge in [0, 0.05) is 6.54 Å². The van der Waals surface area contributed by atoms with Crippen molar-refractivity contribution in [2.75, 3.05) is 26.7 Å². The van der Waals surface area contributed by atoms with Gasteiger partial charge in [0.05, 0.1) is 30.2 Å². The Kier molecular flexibility index (Phi) is 5.77. The second-order valence-electron chi connectivity index (χ2n) is 5.39. The number of morpholine rings is 1. The molecular weight excluding hydrogens is 332 g/mol. The molecule has 2 rings (SSSR count). The van der Waals surface area contributed by atoms with E-state index in [1.807, 2.05) is 6.07 Å². The van der Waals surface area contributed by atoms with Crippen LogP contribution in [-0.2, 0) is 14.8 Å². The molecule has 1 heterocycles. The Labute approximate surface area is 141 Å². The lowest BCUT2D eigenvalue weighted by Gasteiger charge is -2.31. The minimum Gasteiger partial charge on any atom is -0.360 e. The Morgan fingerprint density at radius 1 is 1.50 bits per heavy atom. The molecule has 9 heteroatoms. The number of hydrogen-bond donors (Lipinski definition) is 2. The zero-order chi connectivity index (χ0) is 17.7. The molecule has 0 spiro atoms. The smallest absolute Gasteiger partial charge is 0.318 e. The van der Waals surface area contributed by atoms with Gasteiger partial charge in [-0.1, -0.05) is 12.1 Å². The molecule has 1 aromatic rings. The minimum atomic E-state index is -3.54. The summed E-state index contributed by atoms with van der Waals surface area (Å²) in [5.74, 6) is 0. The maximum atomic E-state index is 12.3. The second kappa shape index (κ2) is 7.61. The summed E-state index contributed by atoms with van der Waals surface area (Å²) in [6.45, 7) is 2.70. The summed E-state index contributed by atoms with van der Waals surface area (Å²) in [5, 5.41) is 11.7. The van der Waals surface area contributed by atoms with E-state index in [0.717, 1.165) is 0 Å². The number of nitriles is 1. The van der Waals surface area contributed by atoms with Crippen molar-refractivity contribution in [2.45, 2.75) is 24.0 Å². The molecule has 0 aliphatic carbocycles. The number of amides is 2. The molecule has 0 aromatic heterocycles. The van der Waals surface area contributed by atoms with Crippen molar-refractivity contribution >= 4 is 16.1 Å². The van der Waals surface area contributed by atoms with Crippen LogP contribution < -0.4 is 10.0 Å². The molecule has 0 bridgehead atoms. The van der Waals surface area contributed by atoms with Crippen molar-refractivity contribution in [3.05, 3.63) is 29.8 Å². The summed E-state index contributed by atoms with van der Waals surface area (Å²) in [6, 6.07) is 7.68. The van der Waals surface area contributed by atoms with Crippen LogP contribution >= 0.6 is 0 Å². The molecule has 130 valence electrons. The maximum absolute atomic E-state index is 12.3. The SMILES string of the molecule is CNS(=O)(=O)c1cccc(C(C)NC(=O)N2CCOC(C#N)C2)c1. The van der Waals surface area contributed by atoms with E-state index in [1.165, 1.54) is 24.1 Å². The van der Waals surface area contributed by atoms with Crippen LogP contribution in [0.5, 0.6) is 0 Å². The lowest BCUT2D eigenvalue weighted by molar-refractivity contribution is 0.0153. The lowest BCUT2D eigenvalue weighted by atomic mass is 10.1. The molecule has 1 fully saturated rings. The van der Waals surface area contributed by atoms with Gasteiger partial charge in [0.15, 0.2) is 6.10 Å². The number of sulfonamides is 1. The summed E-state index contributed by atoms with van der Waals surface area (Å²) in [7, 11) is -2.20. The highest BCUT2D eigenvalue weighted by Crippen LogP contribution is 2.18. The maximum Gasteiger partial charge on any atom is 0.318 e. The summed E-state index contributed by atoms with van der Waals surface area (Å²) in [6.07, 6.45) is -0.621. The van der Waals surface area contributed by atoms with Gasteiger partial charge >= 0.3 is 6.03 Å². The third-order valence-electron chi connectivity index (χ3n) is 3.77. The first kappa shape index (κ1) is 18.2. The van der Waals surface area contributed by atoms with E-state index in [-0.39, 0.29) is 23.5 Å². The van der Waals surface area contributed by atoms with Crippen LogP contribution in [0, 0.1) is 11.3 Å². The topological polar surface area (TPSA) is 112 Å². The number of carbonyl (C=O) groups excluding carboxylic acids is 1. The van der Waals surface area contributed by atoms with Crippen molar-refractivity contribution in [3.8, 4) is 6.07 Å². The van der Waals surface area contributed by atoms with E-state index in [9.17, 15) is 13.2 Å². The first-order chi connectivity index (χ1) is 11.4. The molecule has 1 aliphatic rings. The minimum absolute atomic E-state index is 0.138. The predicted molar refractivity (Wildman–Crippen MR) is 86.6 cm³/mol. The summed E-state index contributed by atoms with van der Waals surface area (Å²) >= 11 is 0. The largest absolute Gasteiger partial charge is 0.360 e. The van der Waals surface area contributed by atoms with Crippen molar-refractivity contribution in [1.29, 1.82) is 5.26 Å². The van der Waals surface area contributed by atoms with Gasteiger partial charge in [-0.15, -0.1) is 0 Å². The monoisotopic (exact) mass is 352 g/mol. The Balaban J connectivity index is 2.07. The molecule has 1 saturated heterocycles. The van der Waals surface area contributed by atoms with Crippen molar-refractivity contribution < 1.29 is 17.9 Å². The number of urea groups is 1. The molecule has 2 amide bonds. The highest BCUT2D eigenvalue weighted by molar-refractivity contribution is 7.89. The standard InChI is InChI=1S/C15H20N4O4S/c1-11(12-4-3-5-14(8-12)24(21,22)17-2)18-15(20)19-6-7-23-13(9-16)10-19/h3-5,8,11,13,17H,6-7,10H2,1-2H3,(H,18,20). The van der Waals surface area contributed by atoms with Gasteiger partial charge in [-0.3, -0.25) is 0 Å². The molecule has 24 heavy (non-hydrogen) atoms. The Hall–Kier alpha value is -2.15. The molecular formula is C15H20N4O4S. The van der Waals surface area contributed by atoms with Gasteiger partial charge in [0.1, 0.15) is 0 Å². The Morgan fingerprint density at radius 3 is 2.92 bits per heavy atom. The van der Waals surface area contributed by atoms with Gasteiger partial charge in [-0.05, 0) is 31.7 Å². The van der Waals surface area contributed by atoms with Crippen molar-refractivity contribution in [3.63, 3.8) is 0 Å². The highest BCUT2D eigenvalue weighted by atomic mass is 32.2. The van der Waals surface area contributed by atoms with Crippen molar-refractivity contribution in [1.82, 2.24) is 14.9 Å². The molecule has 8 nitrogen and oxygen atoms in total. The van der Waals surface area contributed by atoms with E-state index in [1.54, 1.807) is 19.1 Å². The Morgan fingerprint density at radius 2 is 2.25 bits per heavy atom. The highest BCUT2D eigenvalue weighted by Gasteiger charge is 2.25. The fraction of sp³-hybridized carbons (Fsp3) is 0.467. The number of ether oxygens (including phenoxy) is 1. The molecule has 0 radical (unpaired) electrons. The van der Waals surface area contributed by atoms with Crippen LogP contribution in [0.4, 0.5) is 4.79 Å². The molecule has 2 N–H and O–H groups in total. The first-order valence-corrected chi connectivity index (χ1v) is 8.96. The third kappa shape index (κ3) is 4.23. The molecule has 1 aliphatic heterocycles. The van der Waals surface area contributed by atoms with Crippen LogP contribution in [0.15, 0.2) is 29.2 Å².